The van der Waals surface area contributed by atoms with Gasteiger partial charge in [-0.2, -0.15) is 0 Å². The monoisotopic (exact) mass is 410 g/mol. The van der Waals surface area contributed by atoms with Gasteiger partial charge in [-0.1, -0.05) is 18.2 Å². The smallest absolute Gasteiger partial charge is 0.317 e. The van der Waals surface area contributed by atoms with Crippen LogP contribution < -0.4 is 14.2 Å². The zero-order valence-corrected chi connectivity index (χ0v) is 17.6. The van der Waals surface area contributed by atoms with Crippen LogP contribution in [-0.4, -0.2) is 39.7 Å². The van der Waals surface area contributed by atoms with Gasteiger partial charge in [-0.3, -0.25) is 9.59 Å². The van der Waals surface area contributed by atoms with E-state index in [0.29, 0.717) is 23.7 Å². The minimum absolute atomic E-state index is 0.216. The molecule has 1 aliphatic rings. The molecular weight excluding hydrogens is 384 g/mol. The summed E-state index contributed by atoms with van der Waals surface area (Å²) in [6.45, 7) is 1.95. The van der Waals surface area contributed by atoms with E-state index in [1.54, 1.807) is 40.4 Å². The van der Waals surface area contributed by atoms with Crippen LogP contribution in [0, 0.1) is 5.92 Å². The van der Waals surface area contributed by atoms with Crippen LogP contribution >= 0.6 is 0 Å². The van der Waals surface area contributed by atoms with Crippen LogP contribution in [0.4, 0.5) is 0 Å². The molecule has 0 aliphatic heterocycles. The predicted octanol–water partition coefficient (Wildman–Crippen LogP) is 4.03. The van der Waals surface area contributed by atoms with Crippen LogP contribution in [-0.2, 0) is 14.3 Å². The molecule has 0 spiro atoms. The molecule has 1 aliphatic carbocycles. The highest BCUT2D eigenvalue weighted by Crippen LogP contribution is 2.43. The van der Waals surface area contributed by atoms with E-state index in [-0.39, 0.29) is 18.3 Å². The second-order valence-electron chi connectivity index (χ2n) is 6.96. The fourth-order valence-electron chi connectivity index (χ4n) is 3.80. The van der Waals surface area contributed by atoms with Gasteiger partial charge in [0.15, 0.2) is 17.3 Å². The van der Waals surface area contributed by atoms with Gasteiger partial charge in [0.1, 0.15) is 11.7 Å². The molecule has 0 bridgehead atoms. The molecular formula is C24H26O6. The zero-order chi connectivity index (χ0) is 21.7. The van der Waals surface area contributed by atoms with Gasteiger partial charge in [0.05, 0.1) is 27.9 Å². The van der Waals surface area contributed by atoms with Crippen molar-refractivity contribution in [1.29, 1.82) is 0 Å². The molecule has 0 fully saturated rings. The van der Waals surface area contributed by atoms with Crippen LogP contribution in [0.15, 0.2) is 48.5 Å². The van der Waals surface area contributed by atoms with Crippen molar-refractivity contribution >= 4 is 17.3 Å². The fraction of sp³-hybridized carbons (Fsp3) is 0.333. The van der Waals surface area contributed by atoms with Gasteiger partial charge >= 0.3 is 5.97 Å². The minimum Gasteiger partial charge on any atom is -0.497 e. The average Bonchev–Trinajstić information content (AvgIpc) is 2.78. The summed E-state index contributed by atoms with van der Waals surface area (Å²) >= 11 is 0. The maximum atomic E-state index is 13.0. The summed E-state index contributed by atoms with van der Waals surface area (Å²) in [5.74, 6) is -0.237. The number of benzene rings is 2. The van der Waals surface area contributed by atoms with Crippen molar-refractivity contribution in [3.05, 3.63) is 59.7 Å². The number of ether oxygens (including phenoxy) is 4. The second-order valence-corrected chi connectivity index (χ2v) is 6.96. The van der Waals surface area contributed by atoms with Crippen molar-refractivity contribution in [3.63, 3.8) is 0 Å². The molecule has 0 N–H and O–H groups in total. The maximum Gasteiger partial charge on any atom is 0.317 e. The highest BCUT2D eigenvalue weighted by Gasteiger charge is 2.40. The molecule has 2 unspecified atom stereocenters. The predicted molar refractivity (Wildman–Crippen MR) is 113 cm³/mol. The van der Waals surface area contributed by atoms with Crippen molar-refractivity contribution in [2.75, 3.05) is 27.9 Å². The molecule has 6 heteroatoms. The SMILES string of the molecule is CCOC(=O)C1C(=O)C=C(c2cccc(OC)c2)CC1c1ccc(OC)c(OC)c1. The minimum atomic E-state index is -0.905. The van der Waals surface area contributed by atoms with E-state index in [2.05, 4.69) is 0 Å². The Bertz CT molecular complexity index is 962. The Balaban J connectivity index is 2.06. The van der Waals surface area contributed by atoms with Crippen molar-refractivity contribution in [1.82, 2.24) is 0 Å². The molecule has 0 saturated heterocycles. The topological polar surface area (TPSA) is 71.1 Å². The lowest BCUT2D eigenvalue weighted by Crippen LogP contribution is -2.34. The number of esters is 1. The van der Waals surface area contributed by atoms with Crippen molar-refractivity contribution in [2.45, 2.75) is 19.3 Å². The number of methoxy groups -OCH3 is 3. The van der Waals surface area contributed by atoms with Crippen LogP contribution in [0.25, 0.3) is 5.57 Å². The lowest BCUT2D eigenvalue weighted by Gasteiger charge is -2.30. The van der Waals surface area contributed by atoms with Gasteiger partial charge in [-0.15, -0.1) is 0 Å². The lowest BCUT2D eigenvalue weighted by atomic mass is 9.73. The van der Waals surface area contributed by atoms with E-state index < -0.39 is 11.9 Å². The fourth-order valence-corrected chi connectivity index (χ4v) is 3.80. The molecule has 0 amide bonds. The third kappa shape index (κ3) is 4.32. The molecule has 0 aromatic heterocycles. The molecule has 2 aromatic rings. The van der Waals surface area contributed by atoms with Gasteiger partial charge in [0, 0.05) is 5.92 Å². The summed E-state index contributed by atoms with van der Waals surface area (Å²) in [6.07, 6.45) is 2.05. The number of allylic oxidation sites excluding steroid dienone is 2. The van der Waals surface area contributed by atoms with Gasteiger partial charge in [-0.25, -0.2) is 0 Å². The molecule has 6 nitrogen and oxygen atoms in total. The van der Waals surface area contributed by atoms with Crippen LogP contribution in [0.1, 0.15) is 30.4 Å². The molecule has 0 heterocycles. The highest BCUT2D eigenvalue weighted by atomic mass is 16.5. The second kappa shape index (κ2) is 9.48. The molecule has 0 radical (unpaired) electrons. The zero-order valence-electron chi connectivity index (χ0n) is 17.6. The first-order valence-corrected chi connectivity index (χ1v) is 9.79. The van der Waals surface area contributed by atoms with E-state index in [4.69, 9.17) is 18.9 Å². The Hall–Kier alpha value is -3.28. The van der Waals surface area contributed by atoms with E-state index in [9.17, 15) is 9.59 Å². The summed E-state index contributed by atoms with van der Waals surface area (Å²) in [7, 11) is 4.72. The molecule has 0 saturated carbocycles. The number of carbonyl (C=O) groups is 2. The van der Waals surface area contributed by atoms with E-state index >= 15 is 0 Å². The highest BCUT2D eigenvalue weighted by molar-refractivity contribution is 6.10. The van der Waals surface area contributed by atoms with E-state index in [0.717, 1.165) is 16.7 Å². The normalized spacial score (nSPS) is 18.4. The average molecular weight is 410 g/mol. The maximum absolute atomic E-state index is 13.0. The largest absolute Gasteiger partial charge is 0.497 e. The molecule has 2 aromatic carbocycles. The summed E-state index contributed by atoms with van der Waals surface area (Å²) in [5.41, 5.74) is 2.54. The summed E-state index contributed by atoms with van der Waals surface area (Å²) < 4.78 is 21.3. The quantitative estimate of drug-likeness (QED) is 0.507. The molecule has 3 rings (SSSR count). The molecule has 2 atom stereocenters. The first kappa shape index (κ1) is 21.4. The number of rotatable bonds is 7. The van der Waals surface area contributed by atoms with E-state index in [1.807, 2.05) is 36.4 Å². The van der Waals surface area contributed by atoms with Gasteiger partial charge in [-0.05, 0) is 60.4 Å². The third-order valence-corrected chi connectivity index (χ3v) is 5.28. The summed E-state index contributed by atoms with van der Waals surface area (Å²) in [6, 6.07) is 13.0. The lowest BCUT2D eigenvalue weighted by molar-refractivity contribution is -0.151. The van der Waals surface area contributed by atoms with Crippen molar-refractivity contribution < 1.29 is 28.5 Å². The standard InChI is InChI=1S/C24H26O6/c1-5-30-24(26)23-19(16-9-10-21(28-3)22(14-16)29-4)12-17(13-20(23)25)15-7-6-8-18(11-15)27-2/h6-11,13-14,19,23H,5,12H2,1-4H3. The number of ketones is 1. The van der Waals surface area contributed by atoms with Crippen LogP contribution in [0.3, 0.4) is 0 Å². The van der Waals surface area contributed by atoms with Gasteiger partial charge in [0.25, 0.3) is 0 Å². The van der Waals surface area contributed by atoms with Gasteiger partial charge in [0.2, 0.25) is 0 Å². The molecule has 158 valence electrons. The van der Waals surface area contributed by atoms with Crippen LogP contribution in [0.2, 0.25) is 0 Å². The van der Waals surface area contributed by atoms with E-state index in [1.165, 1.54) is 0 Å². The Kier molecular flexibility index (Phi) is 6.77. The molecule has 30 heavy (non-hydrogen) atoms. The van der Waals surface area contributed by atoms with Crippen molar-refractivity contribution in [3.8, 4) is 17.2 Å². The Morgan fingerprint density at radius 2 is 1.77 bits per heavy atom. The van der Waals surface area contributed by atoms with Gasteiger partial charge < -0.3 is 18.9 Å². The summed E-state index contributed by atoms with van der Waals surface area (Å²) in [4.78, 5) is 25.7. The third-order valence-electron chi connectivity index (χ3n) is 5.28. The van der Waals surface area contributed by atoms with Crippen molar-refractivity contribution in [2.24, 2.45) is 5.92 Å². The first-order chi connectivity index (χ1) is 14.5. The Labute approximate surface area is 176 Å². The Morgan fingerprint density at radius 1 is 1.00 bits per heavy atom. The number of hydrogen-bond donors (Lipinski definition) is 0. The number of carbonyl (C=O) groups excluding carboxylic acids is 2. The van der Waals surface area contributed by atoms with Crippen LogP contribution in [0.5, 0.6) is 17.2 Å². The Morgan fingerprint density at radius 3 is 2.43 bits per heavy atom. The summed E-state index contributed by atoms with van der Waals surface area (Å²) in [5, 5.41) is 0. The first-order valence-electron chi connectivity index (χ1n) is 9.79. The number of hydrogen-bond acceptors (Lipinski definition) is 6.